The third-order valence-electron chi connectivity index (χ3n) is 3.69. The number of hydrogen-bond donors (Lipinski definition) is 0. The highest BCUT2D eigenvalue weighted by atomic mass is 16.6. The molecule has 0 heterocycles. The standard InChI is InChI=1S/C24H18O4/c25-23(17-15-19-9-3-1-4-10-19)27-21-13-7-8-14-22(21)28-24(26)18-16-20-11-5-2-6-12-20/h1-18H. The molecular weight excluding hydrogens is 352 g/mol. The predicted molar refractivity (Wildman–Crippen MR) is 109 cm³/mol. The third-order valence-corrected chi connectivity index (χ3v) is 3.69. The molecule has 0 radical (unpaired) electrons. The van der Waals surface area contributed by atoms with Crippen LogP contribution in [0.5, 0.6) is 11.5 Å². The summed E-state index contributed by atoms with van der Waals surface area (Å²) in [5.74, 6) is -0.780. The maximum Gasteiger partial charge on any atom is 0.336 e. The molecule has 0 unspecified atom stereocenters. The van der Waals surface area contributed by atoms with Crippen molar-refractivity contribution in [3.05, 3.63) is 108 Å². The molecule has 0 aliphatic rings. The van der Waals surface area contributed by atoms with Crippen molar-refractivity contribution in [2.45, 2.75) is 0 Å². The molecule has 0 N–H and O–H groups in total. The molecule has 138 valence electrons. The first-order valence-corrected chi connectivity index (χ1v) is 8.69. The molecule has 0 fully saturated rings. The second-order valence-electron chi connectivity index (χ2n) is 5.78. The van der Waals surface area contributed by atoms with Crippen LogP contribution in [0, 0.1) is 0 Å². The summed E-state index contributed by atoms with van der Waals surface area (Å²) in [5.41, 5.74) is 1.76. The SMILES string of the molecule is O=C(C=Cc1ccccc1)Oc1ccccc1OC(=O)C=Cc1ccccc1. The van der Waals surface area contributed by atoms with Crippen LogP contribution in [0.15, 0.2) is 97.1 Å². The van der Waals surface area contributed by atoms with Crippen molar-refractivity contribution in [1.29, 1.82) is 0 Å². The monoisotopic (exact) mass is 370 g/mol. The zero-order chi connectivity index (χ0) is 19.6. The Balaban J connectivity index is 1.64. The fourth-order valence-electron chi connectivity index (χ4n) is 2.36. The highest BCUT2D eigenvalue weighted by Gasteiger charge is 2.10. The Bertz CT molecular complexity index is 907. The minimum atomic E-state index is -0.563. The molecule has 4 nitrogen and oxygen atoms in total. The molecule has 3 aromatic carbocycles. The van der Waals surface area contributed by atoms with Gasteiger partial charge in [0.2, 0.25) is 0 Å². The topological polar surface area (TPSA) is 52.6 Å². The average Bonchev–Trinajstić information content (AvgIpc) is 2.74. The molecule has 0 atom stereocenters. The number of rotatable bonds is 6. The van der Waals surface area contributed by atoms with Gasteiger partial charge < -0.3 is 9.47 Å². The van der Waals surface area contributed by atoms with E-state index in [9.17, 15) is 9.59 Å². The number of hydrogen-bond acceptors (Lipinski definition) is 4. The van der Waals surface area contributed by atoms with E-state index in [1.807, 2.05) is 60.7 Å². The van der Waals surface area contributed by atoms with Crippen LogP contribution in [0.4, 0.5) is 0 Å². The van der Waals surface area contributed by atoms with Crippen molar-refractivity contribution in [2.24, 2.45) is 0 Å². The molecule has 28 heavy (non-hydrogen) atoms. The Labute approximate surface area is 163 Å². The van der Waals surface area contributed by atoms with E-state index >= 15 is 0 Å². The van der Waals surface area contributed by atoms with Crippen molar-refractivity contribution in [3.8, 4) is 11.5 Å². The van der Waals surface area contributed by atoms with Crippen molar-refractivity contribution in [2.75, 3.05) is 0 Å². The summed E-state index contributed by atoms with van der Waals surface area (Å²) in [7, 11) is 0. The molecule has 4 heteroatoms. The van der Waals surface area contributed by atoms with Gasteiger partial charge >= 0.3 is 11.9 Å². The lowest BCUT2D eigenvalue weighted by Gasteiger charge is -2.08. The van der Waals surface area contributed by atoms with Gasteiger partial charge in [0.1, 0.15) is 0 Å². The second-order valence-corrected chi connectivity index (χ2v) is 5.78. The van der Waals surface area contributed by atoms with Gasteiger partial charge in [0, 0.05) is 12.2 Å². The average molecular weight is 370 g/mol. The molecule has 0 spiro atoms. The fourth-order valence-corrected chi connectivity index (χ4v) is 2.36. The van der Waals surface area contributed by atoms with Crippen molar-refractivity contribution < 1.29 is 19.1 Å². The number of benzene rings is 3. The Kier molecular flexibility index (Phi) is 6.53. The van der Waals surface area contributed by atoms with Gasteiger partial charge in [-0.05, 0) is 35.4 Å². The first-order chi connectivity index (χ1) is 13.7. The quantitative estimate of drug-likeness (QED) is 0.351. The fraction of sp³-hybridized carbons (Fsp3) is 0. The van der Waals surface area contributed by atoms with Crippen LogP contribution in [-0.4, -0.2) is 11.9 Å². The van der Waals surface area contributed by atoms with Gasteiger partial charge in [0.05, 0.1) is 0 Å². The smallest absolute Gasteiger partial charge is 0.336 e. The lowest BCUT2D eigenvalue weighted by atomic mass is 10.2. The first kappa shape index (κ1) is 18.9. The highest BCUT2D eigenvalue weighted by molar-refractivity contribution is 5.90. The Morgan fingerprint density at radius 1 is 0.536 bits per heavy atom. The normalized spacial score (nSPS) is 10.9. The van der Waals surface area contributed by atoms with E-state index in [1.54, 1.807) is 36.4 Å². The summed E-state index contributed by atoms with van der Waals surface area (Å²) in [6.07, 6.45) is 5.95. The van der Waals surface area contributed by atoms with Crippen LogP contribution in [0.25, 0.3) is 12.2 Å². The minimum absolute atomic E-state index is 0.173. The summed E-state index contributed by atoms with van der Waals surface area (Å²) in [4.78, 5) is 24.1. The zero-order valence-electron chi connectivity index (χ0n) is 15.0. The van der Waals surface area contributed by atoms with E-state index in [0.29, 0.717) is 0 Å². The molecule has 0 bridgehead atoms. The first-order valence-electron chi connectivity index (χ1n) is 8.69. The van der Waals surface area contributed by atoms with E-state index in [-0.39, 0.29) is 11.5 Å². The highest BCUT2D eigenvalue weighted by Crippen LogP contribution is 2.27. The van der Waals surface area contributed by atoms with Gasteiger partial charge in [-0.3, -0.25) is 0 Å². The van der Waals surface area contributed by atoms with Gasteiger partial charge in [0.25, 0.3) is 0 Å². The van der Waals surface area contributed by atoms with E-state index in [2.05, 4.69) is 0 Å². The van der Waals surface area contributed by atoms with Gasteiger partial charge in [-0.25, -0.2) is 9.59 Å². The number of esters is 2. The van der Waals surface area contributed by atoms with Crippen molar-refractivity contribution in [1.82, 2.24) is 0 Å². The van der Waals surface area contributed by atoms with Gasteiger partial charge in [-0.1, -0.05) is 72.8 Å². The van der Waals surface area contributed by atoms with Crippen LogP contribution in [0.3, 0.4) is 0 Å². The van der Waals surface area contributed by atoms with Crippen molar-refractivity contribution >= 4 is 24.1 Å². The molecule has 0 saturated heterocycles. The lowest BCUT2D eigenvalue weighted by molar-refractivity contribution is -0.131. The Morgan fingerprint density at radius 3 is 1.29 bits per heavy atom. The molecule has 0 amide bonds. The van der Waals surface area contributed by atoms with Crippen LogP contribution in [-0.2, 0) is 9.59 Å². The molecule has 0 saturated carbocycles. The van der Waals surface area contributed by atoms with Gasteiger partial charge in [0.15, 0.2) is 11.5 Å². The maximum absolute atomic E-state index is 12.1. The van der Waals surface area contributed by atoms with Crippen LogP contribution >= 0.6 is 0 Å². The molecule has 0 aromatic heterocycles. The van der Waals surface area contributed by atoms with Crippen molar-refractivity contribution in [3.63, 3.8) is 0 Å². The van der Waals surface area contributed by atoms with Crippen LogP contribution < -0.4 is 9.47 Å². The Hall–Kier alpha value is -3.92. The van der Waals surface area contributed by atoms with E-state index in [0.717, 1.165) is 11.1 Å². The van der Waals surface area contributed by atoms with Crippen LogP contribution in [0.2, 0.25) is 0 Å². The molecule has 0 aliphatic heterocycles. The maximum atomic E-state index is 12.1. The van der Waals surface area contributed by atoms with Gasteiger partial charge in [-0.2, -0.15) is 0 Å². The Morgan fingerprint density at radius 2 is 0.893 bits per heavy atom. The van der Waals surface area contributed by atoms with E-state index < -0.39 is 11.9 Å². The third kappa shape index (κ3) is 5.81. The van der Waals surface area contributed by atoms with Gasteiger partial charge in [-0.15, -0.1) is 0 Å². The predicted octanol–water partition coefficient (Wildman–Crippen LogP) is 4.92. The van der Waals surface area contributed by atoms with E-state index in [4.69, 9.17) is 9.47 Å². The summed E-state index contributed by atoms with van der Waals surface area (Å²) < 4.78 is 10.6. The number of carbonyl (C=O) groups excluding carboxylic acids is 2. The summed E-state index contributed by atoms with van der Waals surface area (Å²) in [6, 6.07) is 25.3. The zero-order valence-corrected chi connectivity index (χ0v) is 15.0. The molecular formula is C24H18O4. The van der Waals surface area contributed by atoms with E-state index in [1.165, 1.54) is 12.2 Å². The summed E-state index contributed by atoms with van der Waals surface area (Å²) in [5, 5.41) is 0. The number of ether oxygens (including phenoxy) is 2. The summed E-state index contributed by atoms with van der Waals surface area (Å²) in [6.45, 7) is 0. The largest absolute Gasteiger partial charge is 0.419 e. The number of para-hydroxylation sites is 2. The molecule has 3 rings (SSSR count). The second kappa shape index (κ2) is 9.69. The number of carbonyl (C=O) groups is 2. The summed E-state index contributed by atoms with van der Waals surface area (Å²) >= 11 is 0. The molecule has 3 aromatic rings. The lowest BCUT2D eigenvalue weighted by Crippen LogP contribution is -2.08. The van der Waals surface area contributed by atoms with Crippen LogP contribution in [0.1, 0.15) is 11.1 Å². The minimum Gasteiger partial charge on any atom is -0.419 e. The molecule has 0 aliphatic carbocycles.